The van der Waals surface area contributed by atoms with Gasteiger partial charge in [0.05, 0.1) is 30.2 Å². The molecule has 0 radical (unpaired) electrons. The fourth-order valence-electron chi connectivity index (χ4n) is 9.54. The molecule has 11 atom stereocenters. The summed E-state index contributed by atoms with van der Waals surface area (Å²) >= 11 is 0. The number of rotatable bonds is 8. The van der Waals surface area contributed by atoms with Gasteiger partial charge in [-0.15, -0.1) is 0 Å². The number of ketones is 1. The lowest BCUT2D eigenvalue weighted by Gasteiger charge is -2.68. The van der Waals surface area contributed by atoms with Crippen molar-refractivity contribution in [2.45, 2.75) is 128 Å². The van der Waals surface area contributed by atoms with E-state index in [-0.39, 0.29) is 29.7 Å². The lowest BCUT2D eigenvalue weighted by molar-refractivity contribution is -0.357. The highest BCUT2D eigenvalue weighted by atomic mass is 16.6. The molecule has 0 aromatic heterocycles. The van der Waals surface area contributed by atoms with Crippen molar-refractivity contribution in [3.05, 3.63) is 82.9 Å². The topological polar surface area (TPSA) is 224 Å². The second kappa shape index (κ2) is 15.2. The Balaban J connectivity index is 1.49. The maximum Gasteiger partial charge on any atom is 0.408 e. The molecule has 2 bridgehead atoms. The van der Waals surface area contributed by atoms with Crippen molar-refractivity contribution in [3.63, 3.8) is 0 Å². The maximum absolute atomic E-state index is 14.8. The van der Waals surface area contributed by atoms with Crippen LogP contribution in [0.15, 0.2) is 71.8 Å². The molecule has 3 aliphatic carbocycles. The summed E-state index contributed by atoms with van der Waals surface area (Å²) in [4.78, 5) is 68.8. The average Bonchev–Trinajstić information content (AvgIpc) is 3.14. The van der Waals surface area contributed by atoms with E-state index in [0.717, 1.165) is 6.92 Å². The fourth-order valence-corrected chi connectivity index (χ4v) is 9.54. The largest absolute Gasteiger partial charge is 0.456 e. The van der Waals surface area contributed by atoms with E-state index in [2.05, 4.69) is 5.32 Å². The van der Waals surface area contributed by atoms with Crippen molar-refractivity contribution in [2.24, 2.45) is 16.7 Å². The molecule has 1 amide bonds. The zero-order chi connectivity index (χ0) is 42.7. The van der Waals surface area contributed by atoms with Gasteiger partial charge in [-0.2, -0.15) is 0 Å². The molecule has 314 valence electrons. The van der Waals surface area contributed by atoms with Crippen molar-refractivity contribution in [3.8, 4) is 0 Å². The lowest BCUT2D eigenvalue weighted by atomic mass is 9.44. The van der Waals surface area contributed by atoms with Crippen LogP contribution >= 0.6 is 0 Å². The highest BCUT2D eigenvalue weighted by Crippen LogP contribution is 2.64. The molecule has 3 unspecified atom stereocenters. The van der Waals surface area contributed by atoms with Crippen LogP contribution < -0.4 is 5.32 Å². The molecule has 3 fully saturated rings. The predicted octanol–water partition coefficient (Wildman–Crippen LogP) is 3.26. The van der Waals surface area contributed by atoms with Crippen LogP contribution in [0, 0.1) is 16.7 Å². The van der Waals surface area contributed by atoms with Gasteiger partial charge in [-0.05, 0) is 51.0 Å². The summed E-state index contributed by atoms with van der Waals surface area (Å²) in [6, 6.07) is 14.6. The van der Waals surface area contributed by atoms with Crippen LogP contribution in [0.3, 0.4) is 0 Å². The second-order valence-electron chi connectivity index (χ2n) is 17.6. The van der Waals surface area contributed by atoms with E-state index >= 15 is 0 Å². The first-order valence-electron chi connectivity index (χ1n) is 19.3. The molecule has 0 spiro atoms. The molecule has 2 saturated carbocycles. The summed E-state index contributed by atoms with van der Waals surface area (Å²) in [5, 5.41) is 51.7. The summed E-state index contributed by atoms with van der Waals surface area (Å²) in [6.07, 6.45) is -11.4. The number of aliphatic hydroxyl groups excluding tert-OH is 3. The Hall–Kier alpha value is -4.67. The molecule has 5 N–H and O–H groups in total. The number of alkyl carbamates (subject to hydrolysis) is 1. The number of benzene rings is 2. The number of aliphatic hydroxyl groups is 4. The minimum Gasteiger partial charge on any atom is -0.456 e. The van der Waals surface area contributed by atoms with Crippen molar-refractivity contribution in [1.82, 2.24) is 5.32 Å². The van der Waals surface area contributed by atoms with Gasteiger partial charge >= 0.3 is 24.0 Å². The van der Waals surface area contributed by atoms with Crippen LogP contribution in [0.5, 0.6) is 0 Å². The Morgan fingerprint density at radius 2 is 1.55 bits per heavy atom. The Morgan fingerprint density at radius 3 is 2.10 bits per heavy atom. The molecule has 1 saturated heterocycles. The van der Waals surface area contributed by atoms with Gasteiger partial charge in [0.1, 0.15) is 35.6 Å². The number of Topliss-reactive ketones (excluding diaryl/α,β-unsaturated/α-hetero) is 1. The standard InChI is InChI=1S/C43H53NO14/c1-22-26(55-37(51)32(48)30(24-15-11-9-12-16-24)44-38(52)58-39(3,4)5)20-43(53)35(56-36(50)25-17-13-10-14-18-25)33-41(8,34(49)31(47)29(22)40(43,6)7)27(46)19-28-42(33,21-54-28)57-23(2)45/h9-18,26-28,30,32-35,46,48-49,53H,19-21H2,1-8H3,(H,44,52)/t26-,27-,28+,30?,32+,33?,34?,35-,41+,42-,43+/m0/s1. The first kappa shape index (κ1) is 42.9. The zero-order valence-corrected chi connectivity index (χ0v) is 33.9. The van der Waals surface area contributed by atoms with E-state index in [1.54, 1.807) is 69.3 Å². The predicted molar refractivity (Wildman–Crippen MR) is 204 cm³/mol. The van der Waals surface area contributed by atoms with Gasteiger partial charge in [-0.25, -0.2) is 14.4 Å². The SMILES string of the molecule is CC(=O)O[C@@]12CO[C@@H]1C[C@H](O)[C@@]1(C)C(O)C(=O)C3=C(C)[C@@H](OC(=O)[C@H](O)C(NC(=O)OC(C)(C)C)c4ccccc4)C[C@@](O)([C@@H](OC(=O)c4ccccc4)C12)C3(C)C. The normalized spacial score (nSPS) is 33.7. The van der Waals surface area contributed by atoms with Crippen LogP contribution in [0.1, 0.15) is 90.2 Å². The quantitative estimate of drug-likeness (QED) is 0.191. The summed E-state index contributed by atoms with van der Waals surface area (Å²) in [5.41, 5.74) is -8.21. The van der Waals surface area contributed by atoms with E-state index < -0.39 is 112 Å². The molecule has 4 aliphatic rings. The number of hydrogen-bond donors (Lipinski definition) is 5. The maximum atomic E-state index is 14.8. The number of fused-ring (bicyclic) bond motifs is 5. The number of esters is 3. The smallest absolute Gasteiger partial charge is 0.408 e. The molecule has 58 heavy (non-hydrogen) atoms. The van der Waals surface area contributed by atoms with Crippen LogP contribution in [0.4, 0.5) is 4.79 Å². The number of ether oxygens (including phenoxy) is 5. The Morgan fingerprint density at radius 1 is 0.948 bits per heavy atom. The number of hydrogen-bond acceptors (Lipinski definition) is 14. The Labute approximate surface area is 336 Å². The fraction of sp³-hybridized carbons (Fsp3) is 0.558. The molecule has 15 nitrogen and oxygen atoms in total. The van der Waals surface area contributed by atoms with Gasteiger partial charge in [0.25, 0.3) is 0 Å². The van der Waals surface area contributed by atoms with Crippen LogP contribution in [-0.4, -0.2) is 110 Å². The minimum atomic E-state index is -2.37. The molecule has 1 heterocycles. The van der Waals surface area contributed by atoms with Gasteiger partial charge in [-0.1, -0.05) is 69.3 Å². The lowest BCUT2D eigenvalue weighted by Crippen LogP contribution is -2.82. The van der Waals surface area contributed by atoms with Crippen molar-refractivity contribution in [2.75, 3.05) is 6.61 Å². The molecule has 2 aromatic rings. The van der Waals surface area contributed by atoms with E-state index in [4.69, 9.17) is 23.7 Å². The third kappa shape index (κ3) is 7.10. The zero-order valence-electron chi connectivity index (χ0n) is 33.9. The Bertz CT molecular complexity index is 1980. The van der Waals surface area contributed by atoms with E-state index in [9.17, 15) is 44.4 Å². The van der Waals surface area contributed by atoms with Crippen molar-refractivity contribution >= 4 is 29.8 Å². The van der Waals surface area contributed by atoms with Crippen LogP contribution in [0.2, 0.25) is 0 Å². The van der Waals surface area contributed by atoms with Gasteiger partial charge < -0.3 is 49.4 Å². The highest BCUT2D eigenvalue weighted by Gasteiger charge is 2.78. The monoisotopic (exact) mass is 807 g/mol. The van der Waals surface area contributed by atoms with Crippen molar-refractivity contribution in [1.29, 1.82) is 0 Å². The number of carbonyl (C=O) groups excluding carboxylic acids is 5. The summed E-state index contributed by atoms with van der Waals surface area (Å²) in [6.45, 7) is 11.8. The number of amides is 1. The number of nitrogens with one attached hydrogen (secondary N) is 1. The average molecular weight is 808 g/mol. The molecule has 2 aromatic carbocycles. The van der Waals surface area contributed by atoms with E-state index in [1.807, 2.05) is 0 Å². The molecular weight excluding hydrogens is 754 g/mol. The van der Waals surface area contributed by atoms with Crippen LogP contribution in [0.25, 0.3) is 0 Å². The van der Waals surface area contributed by atoms with Crippen LogP contribution in [-0.2, 0) is 38.1 Å². The van der Waals surface area contributed by atoms with E-state index in [1.165, 1.54) is 39.8 Å². The summed E-state index contributed by atoms with van der Waals surface area (Å²) in [7, 11) is 0. The third-order valence-corrected chi connectivity index (χ3v) is 12.6. The first-order valence-corrected chi connectivity index (χ1v) is 19.3. The van der Waals surface area contributed by atoms with Gasteiger partial charge in [0.15, 0.2) is 17.5 Å². The van der Waals surface area contributed by atoms with E-state index in [0.29, 0.717) is 5.56 Å². The number of carbonyl (C=O) groups is 5. The molecule has 1 aliphatic heterocycles. The molecule has 6 rings (SSSR count). The highest BCUT2D eigenvalue weighted by molar-refractivity contribution is 6.02. The third-order valence-electron chi connectivity index (χ3n) is 12.6. The molecular formula is C43H53NO14. The van der Waals surface area contributed by atoms with Crippen molar-refractivity contribution < 1.29 is 68.1 Å². The molecule has 15 heteroatoms. The summed E-state index contributed by atoms with van der Waals surface area (Å²) in [5.74, 6) is -5.32. The Kier molecular flexibility index (Phi) is 11.2. The van der Waals surface area contributed by atoms with Gasteiger partial charge in [0.2, 0.25) is 0 Å². The minimum absolute atomic E-state index is 0.0851. The first-order chi connectivity index (χ1) is 27.0. The van der Waals surface area contributed by atoms with Gasteiger partial charge in [0, 0.05) is 36.2 Å². The summed E-state index contributed by atoms with van der Waals surface area (Å²) < 4.78 is 29.5. The second-order valence-corrected chi connectivity index (χ2v) is 17.6. The van der Waals surface area contributed by atoms with Gasteiger partial charge in [-0.3, -0.25) is 9.59 Å².